The number of non-ortho nitro benzene ring substituents is 1. The van der Waals surface area contributed by atoms with Gasteiger partial charge in [-0.15, -0.1) is 0 Å². The lowest BCUT2D eigenvalue weighted by atomic mass is 10.1. The summed E-state index contributed by atoms with van der Waals surface area (Å²) in [6, 6.07) is 9.66. The Labute approximate surface area is 176 Å². The van der Waals surface area contributed by atoms with Gasteiger partial charge in [-0.2, -0.15) is 0 Å². The number of amides is 1. The van der Waals surface area contributed by atoms with E-state index in [1.165, 1.54) is 30.5 Å². The first-order valence-corrected chi connectivity index (χ1v) is 9.56. The van der Waals surface area contributed by atoms with Crippen molar-refractivity contribution in [1.29, 1.82) is 0 Å². The van der Waals surface area contributed by atoms with Crippen LogP contribution in [0.5, 0.6) is 0 Å². The highest BCUT2D eigenvalue weighted by Crippen LogP contribution is 2.20. The molecule has 0 aliphatic carbocycles. The first kappa shape index (κ1) is 22.1. The number of aliphatic hydroxyl groups is 1. The van der Waals surface area contributed by atoms with Crippen molar-refractivity contribution in [2.75, 3.05) is 26.2 Å². The van der Waals surface area contributed by atoms with Gasteiger partial charge in [0.05, 0.1) is 22.4 Å². The molecule has 0 atom stereocenters. The quantitative estimate of drug-likeness (QED) is 0.269. The van der Waals surface area contributed by atoms with Gasteiger partial charge in [0.1, 0.15) is 11.4 Å². The summed E-state index contributed by atoms with van der Waals surface area (Å²) in [6.45, 7) is 1.19. The Morgan fingerprint density at radius 2 is 1.87 bits per heavy atom. The molecule has 3 aromatic rings. The highest BCUT2D eigenvalue weighted by Gasteiger charge is 2.18. The summed E-state index contributed by atoms with van der Waals surface area (Å²) in [7, 11) is 0. The van der Waals surface area contributed by atoms with Crippen LogP contribution in [-0.2, 0) is 6.54 Å². The SMILES string of the molecule is O=C(NCCNCCO)c1cn(Cc2ccc(F)cc2)c2ccc([N+](=O)[O-])cc2c1=O. The Kier molecular flexibility index (Phi) is 7.06. The minimum atomic E-state index is -0.616. The van der Waals surface area contributed by atoms with Crippen LogP contribution in [-0.4, -0.2) is 46.7 Å². The Morgan fingerprint density at radius 1 is 1.13 bits per heavy atom. The summed E-state index contributed by atoms with van der Waals surface area (Å²) in [5.74, 6) is -1.00. The van der Waals surface area contributed by atoms with Gasteiger partial charge in [-0.25, -0.2) is 4.39 Å². The molecule has 1 amide bonds. The van der Waals surface area contributed by atoms with Crippen molar-refractivity contribution in [3.8, 4) is 0 Å². The van der Waals surface area contributed by atoms with Crippen molar-refractivity contribution in [2.45, 2.75) is 6.54 Å². The topological polar surface area (TPSA) is 126 Å². The largest absolute Gasteiger partial charge is 0.395 e. The van der Waals surface area contributed by atoms with Crippen LogP contribution in [0, 0.1) is 15.9 Å². The number of aromatic nitrogens is 1. The third-order valence-electron chi connectivity index (χ3n) is 4.66. The number of rotatable bonds is 9. The molecule has 0 aliphatic heterocycles. The average Bonchev–Trinajstić information content (AvgIpc) is 2.76. The van der Waals surface area contributed by atoms with Gasteiger partial charge in [-0.3, -0.25) is 19.7 Å². The minimum Gasteiger partial charge on any atom is -0.395 e. The monoisotopic (exact) mass is 428 g/mol. The lowest BCUT2D eigenvalue weighted by Gasteiger charge is -2.14. The molecule has 10 heteroatoms. The van der Waals surface area contributed by atoms with E-state index >= 15 is 0 Å². The Balaban J connectivity index is 2.01. The van der Waals surface area contributed by atoms with Crippen LogP contribution in [0.4, 0.5) is 10.1 Å². The van der Waals surface area contributed by atoms with Crippen LogP contribution in [0.2, 0.25) is 0 Å². The van der Waals surface area contributed by atoms with Gasteiger partial charge >= 0.3 is 0 Å². The summed E-state index contributed by atoms with van der Waals surface area (Å²) in [4.78, 5) is 36.1. The number of hydrogen-bond donors (Lipinski definition) is 3. The first-order valence-electron chi connectivity index (χ1n) is 9.56. The van der Waals surface area contributed by atoms with Gasteiger partial charge in [0, 0.05) is 44.5 Å². The van der Waals surface area contributed by atoms with Gasteiger partial charge in [0.2, 0.25) is 5.43 Å². The molecule has 0 bridgehead atoms. The Bertz CT molecular complexity index is 1160. The maximum atomic E-state index is 13.2. The maximum absolute atomic E-state index is 13.2. The molecule has 0 spiro atoms. The molecule has 9 nitrogen and oxygen atoms in total. The molecular formula is C21H21FN4O5. The number of carbonyl (C=O) groups excluding carboxylic acids is 1. The van der Waals surface area contributed by atoms with Gasteiger partial charge < -0.3 is 20.3 Å². The van der Waals surface area contributed by atoms with Crippen molar-refractivity contribution < 1.29 is 19.2 Å². The number of nitro benzene ring substituents is 1. The fourth-order valence-electron chi connectivity index (χ4n) is 3.14. The molecule has 0 saturated heterocycles. The van der Waals surface area contributed by atoms with Crippen LogP contribution in [0.15, 0.2) is 53.5 Å². The standard InChI is InChI=1S/C21H21FN4O5/c22-15-3-1-14(2-4-15)12-25-13-18(21(29)24-8-7-23-9-10-27)20(28)17-11-16(26(30)31)5-6-19(17)25/h1-6,11,13,23,27H,7-10,12H2,(H,24,29). The third-order valence-corrected chi connectivity index (χ3v) is 4.66. The van der Waals surface area contributed by atoms with Crippen molar-refractivity contribution in [3.63, 3.8) is 0 Å². The second-order valence-electron chi connectivity index (χ2n) is 6.81. The molecule has 3 rings (SSSR count). The van der Waals surface area contributed by atoms with E-state index in [9.17, 15) is 24.1 Å². The predicted octanol–water partition coefficient (Wildman–Crippen LogP) is 1.41. The number of aliphatic hydroxyl groups excluding tert-OH is 1. The maximum Gasteiger partial charge on any atom is 0.270 e. The second-order valence-corrected chi connectivity index (χ2v) is 6.81. The number of fused-ring (bicyclic) bond motifs is 1. The lowest BCUT2D eigenvalue weighted by molar-refractivity contribution is -0.384. The molecule has 0 radical (unpaired) electrons. The van der Waals surface area contributed by atoms with Crippen LogP contribution in [0.25, 0.3) is 10.9 Å². The van der Waals surface area contributed by atoms with E-state index in [4.69, 9.17) is 5.11 Å². The van der Waals surface area contributed by atoms with Crippen LogP contribution >= 0.6 is 0 Å². The molecule has 162 valence electrons. The van der Waals surface area contributed by atoms with E-state index in [0.717, 1.165) is 11.6 Å². The number of pyridine rings is 1. The number of benzene rings is 2. The molecule has 0 aliphatic rings. The fourth-order valence-corrected chi connectivity index (χ4v) is 3.14. The molecule has 1 heterocycles. The number of nitrogens with zero attached hydrogens (tertiary/aromatic N) is 2. The van der Waals surface area contributed by atoms with E-state index in [1.807, 2.05) is 0 Å². The highest BCUT2D eigenvalue weighted by atomic mass is 19.1. The van der Waals surface area contributed by atoms with E-state index in [1.54, 1.807) is 16.7 Å². The van der Waals surface area contributed by atoms with Gasteiger partial charge in [-0.05, 0) is 23.8 Å². The minimum absolute atomic E-state index is 0.0362. The predicted molar refractivity (Wildman–Crippen MR) is 113 cm³/mol. The number of hydrogen-bond acceptors (Lipinski definition) is 6. The summed E-state index contributed by atoms with van der Waals surface area (Å²) in [5.41, 5.74) is 0.112. The zero-order chi connectivity index (χ0) is 22.4. The smallest absolute Gasteiger partial charge is 0.270 e. The molecule has 0 saturated carbocycles. The zero-order valence-corrected chi connectivity index (χ0v) is 16.5. The Hall–Kier alpha value is -3.63. The highest BCUT2D eigenvalue weighted by molar-refractivity contribution is 5.97. The number of nitro groups is 1. The molecule has 2 aromatic carbocycles. The van der Waals surface area contributed by atoms with E-state index in [0.29, 0.717) is 18.6 Å². The molecule has 3 N–H and O–H groups in total. The summed E-state index contributed by atoms with van der Waals surface area (Å²) in [5, 5.41) is 25.5. The van der Waals surface area contributed by atoms with Crippen molar-refractivity contribution in [2.24, 2.45) is 0 Å². The summed E-state index contributed by atoms with van der Waals surface area (Å²) >= 11 is 0. The van der Waals surface area contributed by atoms with Gasteiger partial charge in [0.15, 0.2) is 0 Å². The normalized spacial score (nSPS) is 10.9. The lowest BCUT2D eigenvalue weighted by Crippen LogP contribution is -2.35. The van der Waals surface area contributed by atoms with E-state index in [-0.39, 0.29) is 42.2 Å². The molecule has 0 fully saturated rings. The number of nitrogens with one attached hydrogen (secondary N) is 2. The zero-order valence-electron chi connectivity index (χ0n) is 16.5. The van der Waals surface area contributed by atoms with Crippen molar-refractivity contribution in [3.05, 3.63) is 85.9 Å². The van der Waals surface area contributed by atoms with Crippen molar-refractivity contribution >= 4 is 22.5 Å². The second kappa shape index (κ2) is 9.92. The molecule has 1 aromatic heterocycles. The van der Waals surface area contributed by atoms with E-state index in [2.05, 4.69) is 10.6 Å². The average molecular weight is 428 g/mol. The van der Waals surface area contributed by atoms with Gasteiger partial charge in [-0.1, -0.05) is 12.1 Å². The number of halogens is 1. The van der Waals surface area contributed by atoms with E-state index < -0.39 is 16.3 Å². The first-order chi connectivity index (χ1) is 14.9. The third kappa shape index (κ3) is 5.30. The molecule has 0 unspecified atom stereocenters. The van der Waals surface area contributed by atoms with Crippen LogP contribution in [0.1, 0.15) is 15.9 Å². The van der Waals surface area contributed by atoms with Crippen molar-refractivity contribution in [1.82, 2.24) is 15.2 Å². The molecule has 31 heavy (non-hydrogen) atoms. The number of carbonyl (C=O) groups is 1. The summed E-state index contributed by atoms with van der Waals surface area (Å²) in [6.07, 6.45) is 1.40. The van der Waals surface area contributed by atoms with Crippen LogP contribution < -0.4 is 16.1 Å². The Morgan fingerprint density at radius 3 is 2.55 bits per heavy atom. The summed E-state index contributed by atoms with van der Waals surface area (Å²) < 4.78 is 14.9. The fraction of sp³-hybridized carbons (Fsp3) is 0.238. The van der Waals surface area contributed by atoms with Crippen LogP contribution in [0.3, 0.4) is 0 Å². The molecular weight excluding hydrogens is 407 g/mol. The van der Waals surface area contributed by atoms with Gasteiger partial charge in [0.25, 0.3) is 11.6 Å².